The highest BCUT2D eigenvalue weighted by Gasteiger charge is 2.28. The molecule has 27 heavy (non-hydrogen) atoms. The van der Waals surface area contributed by atoms with Crippen LogP contribution in [0.25, 0.3) is 0 Å². The average molecular weight is 379 g/mol. The summed E-state index contributed by atoms with van der Waals surface area (Å²) in [7, 11) is -1.34. The van der Waals surface area contributed by atoms with Crippen molar-refractivity contribution in [2.24, 2.45) is 0 Å². The number of benzene rings is 3. The van der Waals surface area contributed by atoms with Crippen LogP contribution in [0.1, 0.15) is 12.5 Å². The molecule has 3 aromatic carbocycles. The molecule has 1 N–H and O–H groups in total. The molecule has 4 nitrogen and oxygen atoms in total. The van der Waals surface area contributed by atoms with Gasteiger partial charge in [0.15, 0.2) is 0 Å². The summed E-state index contributed by atoms with van der Waals surface area (Å²) in [6.07, 6.45) is 0.303. The maximum absolute atomic E-state index is 14.2. The SMILES string of the molecule is COc1ccc(NC(C)=O)cc1CP(=O)(c1ccccc1)c1ccccc1. The molecule has 138 valence electrons. The van der Waals surface area contributed by atoms with E-state index < -0.39 is 7.14 Å². The van der Waals surface area contributed by atoms with Crippen LogP contribution in [-0.2, 0) is 15.5 Å². The van der Waals surface area contributed by atoms with Crippen LogP contribution in [0.2, 0.25) is 0 Å². The van der Waals surface area contributed by atoms with Crippen molar-refractivity contribution in [3.8, 4) is 5.75 Å². The first-order valence-electron chi connectivity index (χ1n) is 8.68. The fourth-order valence-electron chi connectivity index (χ4n) is 3.09. The molecule has 0 aliphatic carbocycles. The minimum atomic E-state index is -2.93. The van der Waals surface area contributed by atoms with Gasteiger partial charge in [0.25, 0.3) is 0 Å². The Morgan fingerprint density at radius 3 is 1.96 bits per heavy atom. The molecule has 0 aliphatic heterocycles. The Balaban J connectivity index is 2.10. The molecule has 0 spiro atoms. The second-order valence-electron chi connectivity index (χ2n) is 6.28. The predicted octanol–water partition coefficient (Wildman–Crippen LogP) is 4.17. The van der Waals surface area contributed by atoms with Gasteiger partial charge < -0.3 is 14.6 Å². The largest absolute Gasteiger partial charge is 0.496 e. The van der Waals surface area contributed by atoms with E-state index in [1.54, 1.807) is 19.2 Å². The number of carbonyl (C=O) groups excluding carboxylic acids is 1. The highest BCUT2D eigenvalue weighted by molar-refractivity contribution is 7.78. The fourth-order valence-corrected chi connectivity index (χ4v) is 5.79. The number of amides is 1. The van der Waals surface area contributed by atoms with Crippen molar-refractivity contribution >= 4 is 29.3 Å². The molecular formula is C22H22NO3P. The Kier molecular flexibility index (Phi) is 5.78. The van der Waals surface area contributed by atoms with Gasteiger partial charge >= 0.3 is 0 Å². The van der Waals surface area contributed by atoms with E-state index in [1.165, 1.54) is 6.92 Å². The predicted molar refractivity (Wildman–Crippen MR) is 111 cm³/mol. The van der Waals surface area contributed by atoms with Gasteiger partial charge in [0.2, 0.25) is 5.91 Å². The quantitative estimate of drug-likeness (QED) is 0.654. The molecule has 0 atom stereocenters. The first-order chi connectivity index (χ1) is 13.0. The number of hydrogen-bond donors (Lipinski definition) is 1. The van der Waals surface area contributed by atoms with E-state index >= 15 is 0 Å². The minimum absolute atomic E-state index is 0.152. The lowest BCUT2D eigenvalue weighted by atomic mass is 10.2. The Morgan fingerprint density at radius 2 is 1.48 bits per heavy atom. The normalized spacial score (nSPS) is 11.0. The number of methoxy groups -OCH3 is 1. The van der Waals surface area contributed by atoms with Crippen molar-refractivity contribution < 1.29 is 14.1 Å². The molecule has 0 saturated carbocycles. The number of rotatable bonds is 6. The summed E-state index contributed by atoms with van der Waals surface area (Å²) in [5, 5.41) is 4.37. The lowest BCUT2D eigenvalue weighted by Crippen LogP contribution is -2.18. The zero-order valence-corrected chi connectivity index (χ0v) is 16.3. The highest BCUT2D eigenvalue weighted by Crippen LogP contribution is 2.48. The molecule has 0 unspecified atom stereocenters. The first-order valence-corrected chi connectivity index (χ1v) is 10.6. The van der Waals surface area contributed by atoms with E-state index in [4.69, 9.17) is 4.74 Å². The summed E-state index contributed by atoms with van der Waals surface area (Å²) in [5.74, 6) is 0.497. The number of hydrogen-bond acceptors (Lipinski definition) is 3. The van der Waals surface area contributed by atoms with E-state index in [-0.39, 0.29) is 5.91 Å². The summed E-state index contributed by atoms with van der Waals surface area (Å²) in [5.41, 5.74) is 1.45. The van der Waals surface area contributed by atoms with Crippen LogP contribution in [0.15, 0.2) is 78.9 Å². The van der Waals surface area contributed by atoms with E-state index in [0.29, 0.717) is 17.6 Å². The Bertz CT molecular complexity index is 928. The maximum Gasteiger partial charge on any atom is 0.221 e. The molecule has 3 rings (SSSR count). The standard InChI is InChI=1S/C22H22NO3P/c1-17(24)23-19-13-14-22(26-2)18(15-19)16-27(25,20-9-5-3-6-10-20)21-11-7-4-8-12-21/h3-15H,16H2,1-2H3,(H,23,24). The molecule has 0 fully saturated rings. The fraction of sp³-hybridized carbons (Fsp3) is 0.136. The molecule has 3 aromatic rings. The van der Waals surface area contributed by atoms with E-state index in [2.05, 4.69) is 5.32 Å². The van der Waals surface area contributed by atoms with Crippen molar-refractivity contribution in [1.29, 1.82) is 0 Å². The van der Waals surface area contributed by atoms with Gasteiger partial charge in [-0.05, 0) is 18.2 Å². The monoisotopic (exact) mass is 379 g/mol. The molecule has 0 heterocycles. The second kappa shape index (κ2) is 8.24. The molecule has 0 saturated heterocycles. The van der Waals surface area contributed by atoms with Crippen LogP contribution >= 0.6 is 7.14 Å². The van der Waals surface area contributed by atoms with Crippen LogP contribution in [-0.4, -0.2) is 13.0 Å². The minimum Gasteiger partial charge on any atom is -0.496 e. The Hall–Kier alpha value is -2.84. The second-order valence-corrected chi connectivity index (χ2v) is 9.11. The third-order valence-electron chi connectivity index (χ3n) is 4.34. The van der Waals surface area contributed by atoms with Gasteiger partial charge in [-0.3, -0.25) is 4.79 Å². The number of carbonyl (C=O) groups is 1. The zero-order valence-electron chi connectivity index (χ0n) is 15.4. The summed E-state index contributed by atoms with van der Waals surface area (Å²) < 4.78 is 19.7. The maximum atomic E-state index is 14.2. The topological polar surface area (TPSA) is 55.4 Å². The van der Waals surface area contributed by atoms with Gasteiger partial charge in [0, 0.05) is 34.9 Å². The van der Waals surface area contributed by atoms with Crippen LogP contribution in [0.3, 0.4) is 0 Å². The Morgan fingerprint density at radius 1 is 0.926 bits per heavy atom. The number of anilines is 1. The number of nitrogens with one attached hydrogen (secondary N) is 1. The van der Waals surface area contributed by atoms with Crippen molar-refractivity contribution in [2.45, 2.75) is 13.1 Å². The number of ether oxygens (including phenoxy) is 1. The van der Waals surface area contributed by atoms with Crippen molar-refractivity contribution in [2.75, 3.05) is 12.4 Å². The van der Waals surface area contributed by atoms with Crippen molar-refractivity contribution in [3.63, 3.8) is 0 Å². The van der Waals surface area contributed by atoms with E-state index in [0.717, 1.165) is 16.2 Å². The van der Waals surface area contributed by atoms with Gasteiger partial charge in [0.05, 0.1) is 7.11 Å². The van der Waals surface area contributed by atoms with Gasteiger partial charge in [-0.25, -0.2) is 0 Å². The average Bonchev–Trinajstić information content (AvgIpc) is 2.69. The van der Waals surface area contributed by atoms with Gasteiger partial charge in [-0.1, -0.05) is 60.7 Å². The van der Waals surface area contributed by atoms with Crippen LogP contribution in [0.5, 0.6) is 5.75 Å². The summed E-state index contributed by atoms with van der Waals surface area (Å²) in [6, 6.07) is 24.4. The van der Waals surface area contributed by atoms with E-state index in [9.17, 15) is 9.36 Å². The van der Waals surface area contributed by atoms with Gasteiger partial charge in [-0.15, -0.1) is 0 Å². The zero-order chi connectivity index (χ0) is 19.3. The highest BCUT2D eigenvalue weighted by atomic mass is 31.2. The Labute approximate surface area is 159 Å². The first kappa shape index (κ1) is 18.9. The van der Waals surface area contributed by atoms with E-state index in [1.807, 2.05) is 66.7 Å². The molecule has 0 aromatic heterocycles. The van der Waals surface area contributed by atoms with Crippen LogP contribution < -0.4 is 20.7 Å². The smallest absolute Gasteiger partial charge is 0.221 e. The van der Waals surface area contributed by atoms with Crippen molar-refractivity contribution in [1.82, 2.24) is 0 Å². The van der Waals surface area contributed by atoms with Crippen molar-refractivity contribution in [3.05, 3.63) is 84.4 Å². The van der Waals surface area contributed by atoms with Crippen LogP contribution in [0.4, 0.5) is 5.69 Å². The molecule has 1 amide bonds. The summed E-state index contributed by atoms with van der Waals surface area (Å²) >= 11 is 0. The lowest BCUT2D eigenvalue weighted by Gasteiger charge is -2.21. The molecule has 5 heteroatoms. The third kappa shape index (κ3) is 4.29. The molecule has 0 bridgehead atoms. The molecule has 0 aliphatic rings. The van der Waals surface area contributed by atoms with Crippen LogP contribution in [0, 0.1) is 0 Å². The summed E-state index contributed by atoms with van der Waals surface area (Å²) in [6.45, 7) is 1.46. The molecule has 0 radical (unpaired) electrons. The summed E-state index contributed by atoms with van der Waals surface area (Å²) in [4.78, 5) is 11.4. The lowest BCUT2D eigenvalue weighted by molar-refractivity contribution is -0.114. The third-order valence-corrected chi connectivity index (χ3v) is 7.39. The van der Waals surface area contributed by atoms with Gasteiger partial charge in [0.1, 0.15) is 12.9 Å². The van der Waals surface area contributed by atoms with Gasteiger partial charge in [-0.2, -0.15) is 0 Å². The molecular weight excluding hydrogens is 357 g/mol.